The average Bonchev–Trinajstić information content (AvgIpc) is 3.49. The second kappa shape index (κ2) is 9.13. The van der Waals surface area contributed by atoms with Crippen molar-refractivity contribution < 1.29 is 9.15 Å². The molecule has 0 unspecified atom stereocenters. The van der Waals surface area contributed by atoms with Crippen LogP contribution in [-0.4, -0.2) is 51.3 Å². The van der Waals surface area contributed by atoms with E-state index in [9.17, 15) is 0 Å². The number of anilines is 1. The second-order valence-electron chi connectivity index (χ2n) is 7.62. The number of thioether (sulfide) groups is 1. The van der Waals surface area contributed by atoms with Crippen LogP contribution in [0.4, 0.5) is 5.95 Å². The van der Waals surface area contributed by atoms with Crippen LogP contribution in [0.15, 0.2) is 64.2 Å². The molecular formula is C23H24N6O2S. The molecule has 5 rings (SSSR count). The maximum atomic E-state index is 5.96. The van der Waals surface area contributed by atoms with Crippen molar-refractivity contribution >= 4 is 17.7 Å². The van der Waals surface area contributed by atoms with Crippen LogP contribution in [0.1, 0.15) is 23.6 Å². The van der Waals surface area contributed by atoms with E-state index >= 15 is 0 Å². The van der Waals surface area contributed by atoms with Gasteiger partial charge < -0.3 is 14.1 Å². The van der Waals surface area contributed by atoms with E-state index in [2.05, 4.69) is 61.1 Å². The molecule has 4 aromatic rings. The van der Waals surface area contributed by atoms with Gasteiger partial charge in [0.15, 0.2) is 5.16 Å². The van der Waals surface area contributed by atoms with E-state index in [0.29, 0.717) is 25.0 Å². The number of aromatic nitrogens is 5. The molecule has 2 aromatic heterocycles. The highest BCUT2D eigenvalue weighted by Gasteiger charge is 2.25. The highest BCUT2D eigenvalue weighted by molar-refractivity contribution is 7.99. The molecule has 0 saturated carbocycles. The van der Waals surface area contributed by atoms with Crippen molar-refractivity contribution in [3.05, 3.63) is 66.1 Å². The fourth-order valence-corrected chi connectivity index (χ4v) is 4.42. The maximum absolute atomic E-state index is 5.96. The molecule has 0 amide bonds. The molecule has 0 spiro atoms. The largest absolute Gasteiger partial charge is 0.419 e. The molecule has 9 heteroatoms. The van der Waals surface area contributed by atoms with Crippen molar-refractivity contribution in [2.75, 3.05) is 31.2 Å². The van der Waals surface area contributed by atoms with Gasteiger partial charge in [0, 0.05) is 18.7 Å². The predicted molar refractivity (Wildman–Crippen MR) is 123 cm³/mol. The normalized spacial score (nSPS) is 15.1. The smallest absolute Gasteiger partial charge is 0.247 e. The van der Waals surface area contributed by atoms with Gasteiger partial charge in [-0.2, -0.15) is 0 Å². The summed E-state index contributed by atoms with van der Waals surface area (Å²) in [4.78, 5) is 2.21. The first-order valence-corrected chi connectivity index (χ1v) is 11.5. The van der Waals surface area contributed by atoms with Crippen LogP contribution >= 0.6 is 11.8 Å². The van der Waals surface area contributed by atoms with Crippen molar-refractivity contribution in [2.45, 2.75) is 24.3 Å². The van der Waals surface area contributed by atoms with Crippen molar-refractivity contribution in [1.82, 2.24) is 25.0 Å². The Hall–Kier alpha value is -3.17. The van der Waals surface area contributed by atoms with Crippen molar-refractivity contribution in [3.8, 4) is 17.1 Å². The van der Waals surface area contributed by atoms with Crippen LogP contribution in [-0.2, 0) is 4.74 Å². The molecule has 1 saturated heterocycles. The Bertz CT molecular complexity index is 1170. The average molecular weight is 449 g/mol. The van der Waals surface area contributed by atoms with Crippen molar-refractivity contribution in [2.24, 2.45) is 0 Å². The molecule has 1 aliphatic rings. The molecule has 1 aliphatic heterocycles. The van der Waals surface area contributed by atoms with E-state index < -0.39 is 0 Å². The lowest BCUT2D eigenvalue weighted by Gasteiger charge is -2.28. The molecule has 164 valence electrons. The number of aryl methyl sites for hydroxylation is 1. The number of hydrogen-bond donors (Lipinski definition) is 0. The summed E-state index contributed by atoms with van der Waals surface area (Å²) in [5.74, 6) is 1.89. The second-order valence-corrected chi connectivity index (χ2v) is 8.93. The molecule has 1 fully saturated rings. The number of rotatable bonds is 6. The quantitative estimate of drug-likeness (QED) is 0.404. The summed E-state index contributed by atoms with van der Waals surface area (Å²) in [6.45, 7) is 7.06. The van der Waals surface area contributed by atoms with Gasteiger partial charge in [0.1, 0.15) is 0 Å². The fraction of sp³-hybridized carbons (Fsp3) is 0.304. The number of hydrogen-bond acceptors (Lipinski definition) is 8. The van der Waals surface area contributed by atoms with E-state index in [4.69, 9.17) is 9.15 Å². The molecule has 2 aromatic carbocycles. The first-order valence-electron chi connectivity index (χ1n) is 10.6. The van der Waals surface area contributed by atoms with Gasteiger partial charge >= 0.3 is 0 Å². The van der Waals surface area contributed by atoms with E-state index in [1.54, 1.807) is 11.8 Å². The van der Waals surface area contributed by atoms with E-state index in [1.165, 1.54) is 5.56 Å². The van der Waals surface area contributed by atoms with E-state index in [0.717, 1.165) is 35.4 Å². The summed E-state index contributed by atoms with van der Waals surface area (Å²) in [6.07, 6.45) is 0. The topological polar surface area (TPSA) is 82.1 Å². The van der Waals surface area contributed by atoms with Gasteiger partial charge in [-0.25, -0.2) is 0 Å². The highest BCUT2D eigenvalue weighted by Crippen LogP contribution is 2.37. The lowest BCUT2D eigenvalue weighted by molar-refractivity contribution is 0.122. The predicted octanol–water partition coefficient (Wildman–Crippen LogP) is 4.32. The van der Waals surface area contributed by atoms with Crippen LogP contribution in [0.3, 0.4) is 0 Å². The van der Waals surface area contributed by atoms with Crippen molar-refractivity contribution in [1.29, 1.82) is 0 Å². The molecule has 32 heavy (non-hydrogen) atoms. The highest BCUT2D eigenvalue weighted by atomic mass is 32.2. The third-order valence-corrected chi connectivity index (χ3v) is 6.32. The number of nitrogens with zero attached hydrogens (tertiary/aromatic N) is 6. The Balaban J connectivity index is 1.45. The lowest BCUT2D eigenvalue weighted by atomic mass is 10.2. The molecule has 1 atom stereocenters. The standard InChI is InChI=1S/C23H24N6O2S/c1-16-8-10-19(11-9-16)29-22(28-12-14-30-15-13-28)26-27-23(29)32-17(2)20-24-25-21(31-20)18-6-4-3-5-7-18/h3-11,17H,12-15H2,1-2H3/t17-/m1/s1. The summed E-state index contributed by atoms with van der Waals surface area (Å²) < 4.78 is 13.6. The monoisotopic (exact) mass is 448 g/mol. The van der Waals surface area contributed by atoms with Crippen LogP contribution in [0.5, 0.6) is 0 Å². The number of benzene rings is 2. The first-order chi connectivity index (χ1) is 15.7. The van der Waals surface area contributed by atoms with Crippen LogP contribution in [0.2, 0.25) is 0 Å². The summed E-state index contributed by atoms with van der Waals surface area (Å²) in [5.41, 5.74) is 3.13. The molecule has 0 aliphatic carbocycles. The zero-order chi connectivity index (χ0) is 21.9. The maximum Gasteiger partial charge on any atom is 0.247 e. The van der Waals surface area contributed by atoms with Crippen LogP contribution in [0.25, 0.3) is 17.1 Å². The van der Waals surface area contributed by atoms with Crippen LogP contribution < -0.4 is 4.90 Å². The Morgan fingerprint density at radius 3 is 2.41 bits per heavy atom. The summed E-state index contributed by atoms with van der Waals surface area (Å²) in [6, 6.07) is 18.2. The molecule has 0 bridgehead atoms. The summed E-state index contributed by atoms with van der Waals surface area (Å²) >= 11 is 1.55. The van der Waals surface area contributed by atoms with E-state index in [-0.39, 0.29) is 5.25 Å². The summed E-state index contributed by atoms with van der Waals surface area (Å²) in [5, 5.41) is 18.2. The Morgan fingerprint density at radius 1 is 0.906 bits per heavy atom. The van der Waals surface area contributed by atoms with Gasteiger partial charge in [0.25, 0.3) is 0 Å². The number of morpholine rings is 1. The minimum absolute atomic E-state index is 0.0918. The van der Waals surface area contributed by atoms with Gasteiger partial charge in [-0.15, -0.1) is 20.4 Å². The third kappa shape index (κ3) is 4.26. The minimum atomic E-state index is -0.0918. The van der Waals surface area contributed by atoms with Gasteiger partial charge in [0.05, 0.1) is 24.2 Å². The minimum Gasteiger partial charge on any atom is -0.419 e. The van der Waals surface area contributed by atoms with Crippen molar-refractivity contribution in [3.63, 3.8) is 0 Å². The molecule has 0 radical (unpaired) electrons. The van der Waals surface area contributed by atoms with Crippen LogP contribution in [0, 0.1) is 6.92 Å². The van der Waals surface area contributed by atoms with Gasteiger partial charge in [0.2, 0.25) is 17.7 Å². The summed E-state index contributed by atoms with van der Waals surface area (Å²) in [7, 11) is 0. The van der Waals surface area contributed by atoms with Gasteiger partial charge in [-0.05, 0) is 38.1 Å². The Labute approximate surface area is 190 Å². The molecule has 3 heterocycles. The fourth-order valence-electron chi connectivity index (χ4n) is 3.53. The Kier molecular flexibility index (Phi) is 5.91. The third-order valence-electron chi connectivity index (χ3n) is 5.29. The Morgan fingerprint density at radius 2 is 1.66 bits per heavy atom. The number of ether oxygens (including phenoxy) is 1. The zero-order valence-corrected chi connectivity index (χ0v) is 18.8. The molecule has 0 N–H and O–H groups in total. The zero-order valence-electron chi connectivity index (χ0n) is 18.0. The van der Waals surface area contributed by atoms with Gasteiger partial charge in [-0.3, -0.25) is 4.57 Å². The van der Waals surface area contributed by atoms with Gasteiger partial charge in [-0.1, -0.05) is 47.7 Å². The lowest BCUT2D eigenvalue weighted by Crippen LogP contribution is -2.37. The SMILES string of the molecule is Cc1ccc(-n2c(S[C@H](C)c3nnc(-c4ccccc4)o3)nnc2N2CCOCC2)cc1. The van der Waals surface area contributed by atoms with E-state index in [1.807, 2.05) is 37.3 Å². The first kappa shape index (κ1) is 20.7. The molecular weight excluding hydrogens is 424 g/mol. The molecule has 8 nitrogen and oxygen atoms in total.